The Morgan fingerprint density at radius 2 is 2.00 bits per heavy atom. The number of nitrogens with zero attached hydrogens (tertiary/aromatic N) is 2. The van der Waals surface area contributed by atoms with Crippen LogP contribution in [-0.4, -0.2) is 55.2 Å². The van der Waals surface area contributed by atoms with Crippen LogP contribution >= 0.6 is 11.6 Å². The predicted molar refractivity (Wildman–Crippen MR) is 110 cm³/mol. The highest BCUT2D eigenvalue weighted by atomic mass is 35.5. The zero-order chi connectivity index (χ0) is 19.9. The van der Waals surface area contributed by atoms with Crippen molar-refractivity contribution >= 4 is 29.2 Å². The van der Waals surface area contributed by atoms with Gasteiger partial charge in [0.25, 0.3) is 5.91 Å². The van der Waals surface area contributed by atoms with Crippen LogP contribution in [0.25, 0.3) is 0 Å². The number of nitrogens with one attached hydrogen (secondary N) is 2. The molecule has 3 amide bonds. The van der Waals surface area contributed by atoms with E-state index in [0.29, 0.717) is 6.67 Å². The van der Waals surface area contributed by atoms with Crippen LogP contribution in [0.4, 0.5) is 10.5 Å². The number of quaternary nitrogens is 1. The fourth-order valence-corrected chi connectivity index (χ4v) is 5.17. The molecular weight excluding hydrogens is 376 g/mol. The largest absolute Gasteiger partial charge is 0.360 e. The molecule has 0 unspecified atom stereocenters. The molecule has 2 atom stereocenters. The molecule has 2 saturated heterocycles. The Morgan fingerprint density at radius 1 is 1.25 bits per heavy atom. The fraction of sp³-hybridized carbons (Fsp3) is 0.619. The number of amides is 3. The quantitative estimate of drug-likeness (QED) is 0.754. The van der Waals surface area contributed by atoms with Crippen LogP contribution in [0, 0.1) is 12.8 Å². The number of hydrogen-bond donors (Lipinski definition) is 2. The Hall–Kier alpha value is -1.79. The van der Waals surface area contributed by atoms with Crippen LogP contribution in [0.3, 0.4) is 0 Å². The first-order valence-corrected chi connectivity index (χ1v) is 10.8. The van der Waals surface area contributed by atoms with E-state index < -0.39 is 5.54 Å². The van der Waals surface area contributed by atoms with Gasteiger partial charge in [0.15, 0.2) is 6.67 Å². The molecular formula is C21H30ClN4O2+. The van der Waals surface area contributed by atoms with E-state index in [2.05, 4.69) is 30.1 Å². The molecule has 1 saturated carbocycles. The molecule has 2 aliphatic heterocycles. The lowest BCUT2D eigenvalue weighted by Gasteiger charge is -2.37. The first-order chi connectivity index (χ1) is 13.4. The zero-order valence-corrected chi connectivity index (χ0v) is 17.5. The van der Waals surface area contributed by atoms with E-state index >= 15 is 0 Å². The second kappa shape index (κ2) is 7.56. The maximum Gasteiger partial charge on any atom is 0.329 e. The maximum absolute atomic E-state index is 13.1. The van der Waals surface area contributed by atoms with Crippen LogP contribution in [0.5, 0.6) is 0 Å². The number of rotatable bonds is 3. The lowest BCUT2D eigenvalue weighted by Crippen LogP contribution is -3.16. The third-order valence-corrected chi connectivity index (χ3v) is 7.10. The molecule has 0 radical (unpaired) electrons. The molecule has 6 nitrogen and oxygen atoms in total. The van der Waals surface area contributed by atoms with Crippen molar-refractivity contribution in [2.24, 2.45) is 5.92 Å². The smallest absolute Gasteiger partial charge is 0.329 e. The molecule has 4 rings (SSSR count). The number of aryl methyl sites for hydroxylation is 1. The van der Waals surface area contributed by atoms with E-state index in [1.807, 2.05) is 12.1 Å². The van der Waals surface area contributed by atoms with E-state index in [0.717, 1.165) is 56.9 Å². The summed E-state index contributed by atoms with van der Waals surface area (Å²) >= 11 is 6.17. The van der Waals surface area contributed by atoms with Crippen molar-refractivity contribution in [1.29, 1.82) is 0 Å². The van der Waals surface area contributed by atoms with Gasteiger partial charge in [0.1, 0.15) is 5.54 Å². The van der Waals surface area contributed by atoms with Crippen molar-refractivity contribution in [3.05, 3.63) is 28.8 Å². The van der Waals surface area contributed by atoms with Gasteiger partial charge in [-0.3, -0.25) is 4.79 Å². The van der Waals surface area contributed by atoms with Gasteiger partial charge in [-0.1, -0.05) is 37.4 Å². The van der Waals surface area contributed by atoms with Crippen molar-refractivity contribution in [3.8, 4) is 0 Å². The van der Waals surface area contributed by atoms with Crippen molar-refractivity contribution in [2.75, 3.05) is 37.7 Å². The van der Waals surface area contributed by atoms with Crippen LogP contribution < -0.4 is 15.1 Å². The number of imide groups is 1. The van der Waals surface area contributed by atoms with Gasteiger partial charge in [-0.25, -0.2) is 9.69 Å². The molecule has 3 fully saturated rings. The highest BCUT2D eigenvalue weighted by Crippen LogP contribution is 2.37. The highest BCUT2D eigenvalue weighted by Gasteiger charge is 2.55. The number of carbonyl (C=O) groups excluding carboxylic acids is 2. The fourth-order valence-electron chi connectivity index (χ4n) is 5.01. The Kier molecular flexibility index (Phi) is 5.27. The van der Waals surface area contributed by atoms with Gasteiger partial charge < -0.3 is 15.1 Å². The van der Waals surface area contributed by atoms with Crippen molar-refractivity contribution in [2.45, 2.75) is 45.1 Å². The van der Waals surface area contributed by atoms with E-state index in [-0.39, 0.29) is 17.9 Å². The summed E-state index contributed by atoms with van der Waals surface area (Å²) in [5.74, 6) is 0.200. The highest BCUT2D eigenvalue weighted by molar-refractivity contribution is 6.30. The lowest BCUT2D eigenvalue weighted by atomic mass is 9.73. The summed E-state index contributed by atoms with van der Waals surface area (Å²) in [6.45, 7) is 8.23. The third kappa shape index (κ3) is 3.37. The van der Waals surface area contributed by atoms with Crippen molar-refractivity contribution < 1.29 is 14.5 Å². The number of benzene rings is 1. The molecule has 1 aromatic carbocycles. The summed E-state index contributed by atoms with van der Waals surface area (Å²) in [6, 6.07) is 5.78. The third-order valence-electron chi connectivity index (χ3n) is 6.87. The lowest BCUT2D eigenvalue weighted by molar-refractivity contribution is -0.907. The average molecular weight is 406 g/mol. The topological polar surface area (TPSA) is 57.1 Å². The molecule has 3 aliphatic rings. The normalized spacial score (nSPS) is 28.9. The summed E-state index contributed by atoms with van der Waals surface area (Å²) < 4.78 is 0. The molecule has 1 aromatic rings. The number of hydrogen-bond acceptors (Lipinski definition) is 3. The standard InChI is InChI=1S/C21H29ClN4O2/c1-15-6-7-17(22)13-18(15)25-11-9-24(10-12-25)14-26-19(27)21(23-20(26)28)8-4-3-5-16(21)2/h6-7,13,16H,3-5,8-12,14H2,1-2H3,(H,23,28)/p+1/t16-,21+/m0/s1. The summed E-state index contributed by atoms with van der Waals surface area (Å²) in [5, 5.41) is 3.81. The molecule has 1 aliphatic carbocycles. The van der Waals surface area contributed by atoms with Crippen LogP contribution in [0.2, 0.25) is 5.02 Å². The van der Waals surface area contributed by atoms with Gasteiger partial charge in [0, 0.05) is 10.7 Å². The molecule has 0 bridgehead atoms. The summed E-state index contributed by atoms with van der Waals surface area (Å²) in [6.07, 6.45) is 3.92. The van der Waals surface area contributed by atoms with Crippen LogP contribution in [-0.2, 0) is 4.79 Å². The van der Waals surface area contributed by atoms with Gasteiger partial charge >= 0.3 is 6.03 Å². The number of anilines is 1. The molecule has 0 aromatic heterocycles. The van der Waals surface area contributed by atoms with Gasteiger partial charge in [-0.05, 0) is 43.4 Å². The minimum absolute atomic E-state index is 0.00897. The number of halogens is 1. The molecule has 2 N–H and O–H groups in total. The second-order valence-corrected chi connectivity index (χ2v) is 9.04. The average Bonchev–Trinajstić information content (AvgIpc) is 2.92. The van der Waals surface area contributed by atoms with E-state index in [1.54, 1.807) is 0 Å². The summed E-state index contributed by atoms with van der Waals surface area (Å²) in [4.78, 5) is 30.8. The molecule has 1 spiro atoms. The Balaban J connectivity index is 1.39. The van der Waals surface area contributed by atoms with Gasteiger partial charge in [-0.15, -0.1) is 0 Å². The van der Waals surface area contributed by atoms with E-state index in [4.69, 9.17) is 11.6 Å². The summed E-state index contributed by atoms with van der Waals surface area (Å²) in [5.41, 5.74) is 1.74. The minimum Gasteiger partial charge on any atom is -0.360 e. The maximum atomic E-state index is 13.1. The van der Waals surface area contributed by atoms with E-state index in [9.17, 15) is 9.59 Å². The first-order valence-electron chi connectivity index (χ1n) is 10.4. The van der Waals surface area contributed by atoms with Gasteiger partial charge in [-0.2, -0.15) is 0 Å². The second-order valence-electron chi connectivity index (χ2n) is 8.61. The minimum atomic E-state index is -0.658. The molecule has 7 heteroatoms. The van der Waals surface area contributed by atoms with Crippen molar-refractivity contribution in [3.63, 3.8) is 0 Å². The molecule has 2 heterocycles. The van der Waals surface area contributed by atoms with Crippen LogP contribution in [0.1, 0.15) is 38.2 Å². The van der Waals surface area contributed by atoms with Crippen molar-refractivity contribution in [1.82, 2.24) is 10.2 Å². The first kappa shape index (κ1) is 19.5. The predicted octanol–water partition coefficient (Wildman–Crippen LogP) is 1.81. The Bertz CT molecular complexity index is 778. The van der Waals surface area contributed by atoms with Gasteiger partial charge in [0.2, 0.25) is 0 Å². The van der Waals surface area contributed by atoms with Crippen LogP contribution in [0.15, 0.2) is 18.2 Å². The van der Waals surface area contributed by atoms with E-state index in [1.165, 1.54) is 21.1 Å². The SMILES string of the molecule is Cc1ccc(Cl)cc1N1CC[NH+](CN2C(=O)N[C@@]3(CCCC[C@@H]3C)C2=O)CC1. The summed E-state index contributed by atoms with van der Waals surface area (Å²) in [7, 11) is 0. The Morgan fingerprint density at radius 3 is 2.71 bits per heavy atom. The Labute approximate surface area is 171 Å². The number of urea groups is 1. The monoisotopic (exact) mass is 405 g/mol. The van der Waals surface area contributed by atoms with Gasteiger partial charge in [0.05, 0.1) is 26.2 Å². The number of carbonyl (C=O) groups is 2. The number of piperazine rings is 1. The molecule has 152 valence electrons. The molecule has 28 heavy (non-hydrogen) atoms. The zero-order valence-electron chi connectivity index (χ0n) is 16.8.